The highest BCUT2D eigenvalue weighted by Crippen LogP contribution is 2.34. The summed E-state index contributed by atoms with van der Waals surface area (Å²) in [4.78, 5) is 16.7. The number of rotatable bonds is 6. The molecule has 0 bridgehead atoms. The Morgan fingerprint density at radius 1 is 1.20 bits per heavy atom. The van der Waals surface area contributed by atoms with Gasteiger partial charge in [-0.15, -0.1) is 0 Å². The summed E-state index contributed by atoms with van der Waals surface area (Å²) in [5, 5.41) is 5.57. The molecule has 7 heteroatoms. The zero-order valence-corrected chi connectivity index (χ0v) is 17.2. The lowest BCUT2D eigenvalue weighted by Crippen LogP contribution is -2.37. The number of hydrogen-bond acceptors (Lipinski definition) is 4. The van der Waals surface area contributed by atoms with Crippen LogP contribution in [0.2, 0.25) is 0 Å². The van der Waals surface area contributed by atoms with E-state index >= 15 is 0 Å². The lowest BCUT2D eigenvalue weighted by atomic mass is 10.1. The van der Waals surface area contributed by atoms with Crippen LogP contribution < -0.4 is 15.5 Å². The summed E-state index contributed by atoms with van der Waals surface area (Å²) in [6.07, 6.45) is 2.44. The number of benzene rings is 2. The molecular weight excluding hydrogens is 386 g/mol. The molecule has 0 radical (unpaired) electrons. The first kappa shape index (κ1) is 20.3. The molecular formula is C23H26F2N4O. The van der Waals surface area contributed by atoms with Crippen molar-refractivity contribution in [1.29, 1.82) is 0 Å². The Balaban J connectivity index is 1.49. The monoisotopic (exact) mass is 412 g/mol. The van der Waals surface area contributed by atoms with E-state index in [9.17, 15) is 13.6 Å². The van der Waals surface area contributed by atoms with Gasteiger partial charge in [-0.1, -0.05) is 19.9 Å². The molecule has 0 aliphatic carbocycles. The van der Waals surface area contributed by atoms with Gasteiger partial charge in [0.25, 0.3) is 5.91 Å². The average Bonchev–Trinajstić information content (AvgIpc) is 3.32. The van der Waals surface area contributed by atoms with Crippen LogP contribution in [0.3, 0.4) is 0 Å². The summed E-state index contributed by atoms with van der Waals surface area (Å²) < 4.78 is 29.0. The second-order valence-electron chi connectivity index (χ2n) is 7.59. The minimum absolute atomic E-state index is 0.189. The summed E-state index contributed by atoms with van der Waals surface area (Å²) in [5.41, 5.74) is 1.94. The molecule has 2 N–H and O–H groups in total. The molecule has 0 aromatic heterocycles. The van der Waals surface area contributed by atoms with Crippen LogP contribution in [0.4, 0.5) is 25.8 Å². The SMILES string of the molecule is CCN(CC)C1CCN(c2ccc(N/C=C3\C(=O)Nc4cccc(F)c43)cc2F)C1. The third kappa shape index (κ3) is 3.77. The molecule has 5 nitrogen and oxygen atoms in total. The number of likely N-dealkylation sites (N-methyl/N-ethyl adjacent to an activating group) is 1. The number of nitrogens with zero attached hydrogens (tertiary/aromatic N) is 2. The van der Waals surface area contributed by atoms with Gasteiger partial charge in [0.2, 0.25) is 0 Å². The van der Waals surface area contributed by atoms with Crippen molar-refractivity contribution in [1.82, 2.24) is 4.90 Å². The van der Waals surface area contributed by atoms with Crippen molar-refractivity contribution in [3.05, 3.63) is 59.8 Å². The first-order chi connectivity index (χ1) is 14.5. The van der Waals surface area contributed by atoms with Gasteiger partial charge in [-0.05, 0) is 49.8 Å². The van der Waals surface area contributed by atoms with Crippen molar-refractivity contribution in [2.45, 2.75) is 26.3 Å². The Bertz CT molecular complexity index is 987. The predicted molar refractivity (Wildman–Crippen MR) is 117 cm³/mol. The quantitative estimate of drug-likeness (QED) is 0.695. The molecule has 0 saturated carbocycles. The van der Waals surface area contributed by atoms with Crippen molar-refractivity contribution in [2.24, 2.45) is 0 Å². The maximum absolute atomic E-state index is 14.8. The molecule has 4 rings (SSSR count). The molecule has 1 atom stereocenters. The second kappa shape index (κ2) is 8.44. The van der Waals surface area contributed by atoms with Crippen LogP contribution >= 0.6 is 0 Å². The van der Waals surface area contributed by atoms with Crippen LogP contribution in [0.5, 0.6) is 0 Å². The first-order valence-corrected chi connectivity index (χ1v) is 10.4. The lowest BCUT2D eigenvalue weighted by molar-refractivity contribution is -0.110. The summed E-state index contributed by atoms with van der Waals surface area (Å²) >= 11 is 0. The number of carbonyl (C=O) groups excluding carboxylic acids is 1. The summed E-state index contributed by atoms with van der Waals surface area (Å²) in [6, 6.07) is 9.88. The van der Waals surface area contributed by atoms with Crippen molar-refractivity contribution < 1.29 is 13.6 Å². The van der Waals surface area contributed by atoms with Crippen LogP contribution in [0, 0.1) is 11.6 Å². The van der Waals surface area contributed by atoms with E-state index < -0.39 is 5.82 Å². The van der Waals surface area contributed by atoms with Gasteiger partial charge in [0.15, 0.2) is 0 Å². The molecule has 0 spiro atoms. The highest BCUT2D eigenvalue weighted by atomic mass is 19.1. The van der Waals surface area contributed by atoms with Crippen molar-refractivity contribution in [2.75, 3.05) is 41.7 Å². The smallest absolute Gasteiger partial charge is 0.257 e. The Morgan fingerprint density at radius 2 is 2.00 bits per heavy atom. The molecule has 2 aromatic rings. The maximum atomic E-state index is 14.8. The Morgan fingerprint density at radius 3 is 2.73 bits per heavy atom. The number of carbonyl (C=O) groups is 1. The van der Waals surface area contributed by atoms with Crippen molar-refractivity contribution >= 4 is 28.5 Å². The fourth-order valence-electron chi connectivity index (χ4n) is 4.35. The molecule has 1 unspecified atom stereocenters. The number of halogens is 2. The van der Waals surface area contributed by atoms with Crippen LogP contribution in [0.1, 0.15) is 25.8 Å². The summed E-state index contributed by atoms with van der Waals surface area (Å²) in [7, 11) is 0. The second-order valence-corrected chi connectivity index (χ2v) is 7.59. The lowest BCUT2D eigenvalue weighted by Gasteiger charge is -2.26. The molecule has 2 aromatic carbocycles. The van der Waals surface area contributed by atoms with Gasteiger partial charge in [0.1, 0.15) is 11.6 Å². The fourth-order valence-corrected chi connectivity index (χ4v) is 4.35. The van der Waals surface area contributed by atoms with E-state index in [2.05, 4.69) is 34.3 Å². The standard InChI is InChI=1S/C23H26F2N4O/c1-3-28(4-2)16-10-11-29(14-16)21-9-8-15(12-19(21)25)26-13-17-22-18(24)6-5-7-20(22)27-23(17)30/h5-9,12-13,16,26H,3-4,10-11,14H2,1-2H3,(H,27,30)/b17-13-. The predicted octanol–water partition coefficient (Wildman–Crippen LogP) is 4.29. The van der Waals surface area contributed by atoms with E-state index in [4.69, 9.17) is 0 Å². The minimum atomic E-state index is -0.475. The average molecular weight is 412 g/mol. The highest BCUT2D eigenvalue weighted by Gasteiger charge is 2.28. The topological polar surface area (TPSA) is 47.6 Å². The van der Waals surface area contributed by atoms with E-state index in [0.717, 1.165) is 32.6 Å². The van der Waals surface area contributed by atoms with E-state index in [0.29, 0.717) is 23.1 Å². The zero-order valence-electron chi connectivity index (χ0n) is 17.2. The Labute approximate surface area is 175 Å². The Hall–Kier alpha value is -2.93. The molecule has 1 saturated heterocycles. The Kier molecular flexibility index (Phi) is 5.72. The van der Waals surface area contributed by atoms with Gasteiger partial charge >= 0.3 is 0 Å². The number of amides is 1. The van der Waals surface area contributed by atoms with E-state index in [-0.39, 0.29) is 22.9 Å². The molecule has 2 aliphatic heterocycles. The van der Waals surface area contributed by atoms with E-state index in [1.807, 2.05) is 0 Å². The fraction of sp³-hybridized carbons (Fsp3) is 0.348. The van der Waals surface area contributed by atoms with Gasteiger partial charge in [-0.25, -0.2) is 8.78 Å². The molecule has 30 heavy (non-hydrogen) atoms. The largest absolute Gasteiger partial charge is 0.368 e. The molecule has 2 aliphatic rings. The maximum Gasteiger partial charge on any atom is 0.257 e. The van der Waals surface area contributed by atoms with Gasteiger partial charge < -0.3 is 15.5 Å². The normalized spacial score (nSPS) is 19.5. The van der Waals surface area contributed by atoms with Crippen molar-refractivity contribution in [3.63, 3.8) is 0 Å². The van der Waals surface area contributed by atoms with Crippen LogP contribution in [0.15, 0.2) is 42.6 Å². The molecule has 2 heterocycles. The molecule has 1 amide bonds. The van der Waals surface area contributed by atoms with Gasteiger partial charge in [0.05, 0.1) is 16.9 Å². The number of fused-ring (bicyclic) bond motifs is 1. The molecule has 158 valence electrons. The first-order valence-electron chi connectivity index (χ1n) is 10.4. The van der Waals surface area contributed by atoms with Crippen molar-refractivity contribution in [3.8, 4) is 0 Å². The third-order valence-corrected chi connectivity index (χ3v) is 5.94. The number of anilines is 3. The van der Waals surface area contributed by atoms with E-state index in [1.165, 1.54) is 18.3 Å². The van der Waals surface area contributed by atoms with Crippen LogP contribution in [-0.4, -0.2) is 43.0 Å². The van der Waals surface area contributed by atoms with E-state index in [1.54, 1.807) is 24.3 Å². The van der Waals surface area contributed by atoms with Gasteiger partial charge in [-0.2, -0.15) is 0 Å². The van der Waals surface area contributed by atoms with Crippen LogP contribution in [0.25, 0.3) is 5.57 Å². The summed E-state index contributed by atoms with van der Waals surface area (Å²) in [6.45, 7) is 7.92. The number of hydrogen-bond donors (Lipinski definition) is 2. The third-order valence-electron chi connectivity index (χ3n) is 5.94. The van der Waals surface area contributed by atoms with Crippen LogP contribution in [-0.2, 0) is 4.79 Å². The van der Waals surface area contributed by atoms with Gasteiger partial charge in [-0.3, -0.25) is 9.69 Å². The molecule has 1 fully saturated rings. The highest BCUT2D eigenvalue weighted by molar-refractivity contribution is 6.31. The number of nitrogens with one attached hydrogen (secondary N) is 2. The zero-order chi connectivity index (χ0) is 21.3. The van der Waals surface area contributed by atoms with Gasteiger partial charge in [0, 0.05) is 36.6 Å². The summed E-state index contributed by atoms with van der Waals surface area (Å²) in [5.74, 6) is -1.18. The minimum Gasteiger partial charge on any atom is -0.368 e.